The summed E-state index contributed by atoms with van der Waals surface area (Å²) in [5.74, 6) is 4.51. The van der Waals surface area contributed by atoms with Crippen LogP contribution in [-0.4, -0.2) is 71.0 Å². The average molecular weight is 636 g/mol. The molecule has 0 amide bonds. The van der Waals surface area contributed by atoms with Crippen LogP contribution in [0.1, 0.15) is 118 Å². The number of nitrogens with two attached hydrogens (primary N) is 3. The molecule has 2 unspecified atom stereocenters. The van der Waals surface area contributed by atoms with E-state index < -0.39 is 0 Å². The van der Waals surface area contributed by atoms with Crippen molar-refractivity contribution in [3.8, 4) is 0 Å². The highest BCUT2D eigenvalue weighted by molar-refractivity contribution is 5.15. The van der Waals surface area contributed by atoms with Gasteiger partial charge in [-0.05, 0) is 150 Å². The fraction of sp³-hybridized carbons (Fsp3) is 1.00. The second-order valence-corrected chi connectivity index (χ2v) is 16.4. The van der Waals surface area contributed by atoms with E-state index in [1.54, 1.807) is 0 Å². The Morgan fingerprint density at radius 2 is 1.38 bits per heavy atom. The minimum atomic E-state index is 0.162. The summed E-state index contributed by atoms with van der Waals surface area (Å²) in [6.07, 6.45) is 15.8. The van der Waals surface area contributed by atoms with Crippen LogP contribution in [-0.2, 0) is 18.9 Å². The first-order valence-electron chi connectivity index (χ1n) is 19.2. The molecule has 0 aromatic heterocycles. The van der Waals surface area contributed by atoms with Crippen molar-refractivity contribution >= 4 is 0 Å². The van der Waals surface area contributed by atoms with Gasteiger partial charge in [-0.1, -0.05) is 34.6 Å². The van der Waals surface area contributed by atoms with E-state index in [0.717, 1.165) is 84.4 Å². The Morgan fingerprint density at radius 3 is 2.07 bits per heavy atom. The van der Waals surface area contributed by atoms with Crippen LogP contribution in [0, 0.1) is 52.3 Å². The maximum atomic E-state index is 7.00. The van der Waals surface area contributed by atoms with E-state index in [1.165, 1.54) is 32.1 Å². The fourth-order valence-corrected chi connectivity index (χ4v) is 10.7. The van der Waals surface area contributed by atoms with Crippen molar-refractivity contribution < 1.29 is 18.9 Å². The maximum Gasteiger partial charge on any atom is 0.0637 e. The van der Waals surface area contributed by atoms with Crippen LogP contribution in [0.4, 0.5) is 0 Å². The van der Waals surface area contributed by atoms with Gasteiger partial charge in [0.05, 0.1) is 18.3 Å². The largest absolute Gasteiger partial charge is 0.381 e. The van der Waals surface area contributed by atoms with Crippen molar-refractivity contribution in [1.29, 1.82) is 0 Å². The first kappa shape index (κ1) is 37.5. The Balaban J connectivity index is 1.55. The van der Waals surface area contributed by atoms with E-state index >= 15 is 0 Å². The van der Waals surface area contributed by atoms with Crippen LogP contribution in [0.2, 0.25) is 0 Å². The molecule has 0 saturated heterocycles. The molecule has 0 bridgehead atoms. The van der Waals surface area contributed by atoms with Gasteiger partial charge in [-0.2, -0.15) is 0 Å². The predicted molar refractivity (Wildman–Crippen MR) is 185 cm³/mol. The molecule has 264 valence electrons. The lowest BCUT2D eigenvalue weighted by atomic mass is 9.43. The summed E-state index contributed by atoms with van der Waals surface area (Å²) in [7, 11) is 0. The lowest BCUT2D eigenvalue weighted by Crippen LogP contribution is -2.63. The van der Waals surface area contributed by atoms with Crippen LogP contribution < -0.4 is 17.2 Å². The van der Waals surface area contributed by atoms with Gasteiger partial charge in [0.2, 0.25) is 0 Å². The molecule has 4 aliphatic rings. The number of ether oxygens (including phenoxy) is 4. The summed E-state index contributed by atoms with van der Waals surface area (Å²) in [4.78, 5) is 0. The van der Waals surface area contributed by atoms with Crippen molar-refractivity contribution in [1.82, 2.24) is 0 Å². The van der Waals surface area contributed by atoms with E-state index in [1.807, 2.05) is 0 Å². The Morgan fingerprint density at radius 1 is 0.689 bits per heavy atom. The zero-order valence-electron chi connectivity index (χ0n) is 30.0. The summed E-state index contributed by atoms with van der Waals surface area (Å²) in [5, 5.41) is 0. The minimum absolute atomic E-state index is 0.162. The van der Waals surface area contributed by atoms with Gasteiger partial charge in [0.25, 0.3) is 0 Å². The van der Waals surface area contributed by atoms with Gasteiger partial charge in [-0.25, -0.2) is 0 Å². The lowest BCUT2D eigenvalue weighted by Gasteiger charge is -2.65. The molecular formula is C38H73N3O4. The summed E-state index contributed by atoms with van der Waals surface area (Å²) >= 11 is 0. The molecule has 4 fully saturated rings. The minimum Gasteiger partial charge on any atom is -0.381 e. The molecule has 0 aromatic rings. The summed E-state index contributed by atoms with van der Waals surface area (Å²) < 4.78 is 26.3. The molecule has 0 heterocycles. The lowest BCUT2D eigenvalue weighted by molar-refractivity contribution is -0.227. The molecule has 11 atom stereocenters. The second kappa shape index (κ2) is 17.9. The van der Waals surface area contributed by atoms with E-state index in [4.69, 9.17) is 36.1 Å². The summed E-state index contributed by atoms with van der Waals surface area (Å²) in [5.41, 5.74) is 18.2. The monoisotopic (exact) mass is 636 g/mol. The standard InChI is InChI=1S/C38H73N3O4/c1-27(2)14-23-42-19-6-10-28(3)31-11-12-32-36-33(26-35(38(31,32)5)45-22-9-18-41)37(4)15-13-30(43-20-7-16-39)24-29(37)25-34(36)44-21-8-17-40/h27-36H,6-26,39-41H2,1-5H3/t28-,29?,30-,31-,32+,33+,34-,35+,36?,37+,38-/m1/s1. The molecule has 7 heteroatoms. The predicted octanol–water partition coefficient (Wildman–Crippen LogP) is 6.55. The Kier molecular flexibility index (Phi) is 15.0. The van der Waals surface area contributed by atoms with Gasteiger partial charge < -0.3 is 36.1 Å². The van der Waals surface area contributed by atoms with Crippen LogP contribution in [0.3, 0.4) is 0 Å². The smallest absolute Gasteiger partial charge is 0.0637 e. The van der Waals surface area contributed by atoms with Crippen molar-refractivity contribution in [3.63, 3.8) is 0 Å². The second-order valence-electron chi connectivity index (χ2n) is 16.4. The Hall–Kier alpha value is -0.280. The molecule has 4 saturated carbocycles. The zero-order valence-corrected chi connectivity index (χ0v) is 30.0. The SMILES string of the molecule is CC(C)CCOCCC[C@@H](C)[C@H]1CC[C@H]2C3[C@H](OCCCN)CC4C[C@H](OCCCN)CC[C@]4(C)[C@H]3C[C@H](OCCCN)[C@]12C. The summed E-state index contributed by atoms with van der Waals surface area (Å²) in [6, 6.07) is 0. The van der Waals surface area contributed by atoms with Gasteiger partial charge in [-0.3, -0.25) is 0 Å². The van der Waals surface area contributed by atoms with Gasteiger partial charge in [-0.15, -0.1) is 0 Å². The first-order valence-corrected chi connectivity index (χ1v) is 19.2. The van der Waals surface area contributed by atoms with Crippen LogP contribution in [0.25, 0.3) is 0 Å². The Labute approximate surface area is 277 Å². The molecule has 0 spiro atoms. The number of hydrogen-bond acceptors (Lipinski definition) is 7. The molecule has 0 radical (unpaired) electrons. The number of fused-ring (bicyclic) bond motifs is 5. The summed E-state index contributed by atoms with van der Waals surface area (Å²) in [6.45, 7) is 18.5. The van der Waals surface area contributed by atoms with Crippen LogP contribution >= 0.6 is 0 Å². The van der Waals surface area contributed by atoms with E-state index in [9.17, 15) is 0 Å². The molecule has 7 nitrogen and oxygen atoms in total. The fourth-order valence-electron chi connectivity index (χ4n) is 10.7. The van der Waals surface area contributed by atoms with Crippen molar-refractivity contribution in [2.45, 2.75) is 136 Å². The Bertz CT molecular complexity index is 846. The molecule has 0 aromatic carbocycles. The van der Waals surface area contributed by atoms with E-state index in [0.29, 0.717) is 78.7 Å². The third kappa shape index (κ3) is 8.85. The highest BCUT2D eigenvalue weighted by Crippen LogP contribution is 2.69. The molecule has 0 aliphatic heterocycles. The molecule has 4 aliphatic carbocycles. The van der Waals surface area contributed by atoms with Crippen molar-refractivity contribution in [3.05, 3.63) is 0 Å². The highest BCUT2D eigenvalue weighted by Gasteiger charge is 2.66. The quantitative estimate of drug-likeness (QED) is 0.130. The van der Waals surface area contributed by atoms with E-state index in [2.05, 4.69) is 34.6 Å². The van der Waals surface area contributed by atoms with Crippen molar-refractivity contribution in [2.75, 3.05) is 52.7 Å². The maximum absolute atomic E-state index is 7.00. The number of hydrogen-bond donors (Lipinski definition) is 3. The van der Waals surface area contributed by atoms with Gasteiger partial charge in [0, 0.05) is 38.4 Å². The third-order valence-electron chi connectivity index (χ3n) is 13.3. The molecule has 4 rings (SSSR count). The highest BCUT2D eigenvalue weighted by atomic mass is 16.5. The first-order chi connectivity index (χ1) is 21.7. The third-order valence-corrected chi connectivity index (χ3v) is 13.3. The van der Waals surface area contributed by atoms with Gasteiger partial charge in [0.15, 0.2) is 0 Å². The topological polar surface area (TPSA) is 115 Å². The van der Waals surface area contributed by atoms with Gasteiger partial charge >= 0.3 is 0 Å². The molecule has 45 heavy (non-hydrogen) atoms. The molecule has 6 N–H and O–H groups in total. The van der Waals surface area contributed by atoms with Crippen LogP contribution in [0.5, 0.6) is 0 Å². The van der Waals surface area contributed by atoms with Crippen molar-refractivity contribution in [2.24, 2.45) is 69.5 Å². The molecular weight excluding hydrogens is 562 g/mol. The average Bonchev–Trinajstić information content (AvgIpc) is 3.37. The van der Waals surface area contributed by atoms with Crippen LogP contribution in [0.15, 0.2) is 0 Å². The zero-order chi connectivity index (χ0) is 32.5. The van der Waals surface area contributed by atoms with Gasteiger partial charge in [0.1, 0.15) is 0 Å². The van der Waals surface area contributed by atoms with E-state index in [-0.39, 0.29) is 11.5 Å². The number of rotatable bonds is 20. The normalized spacial score (nSPS) is 38.6.